The van der Waals surface area contributed by atoms with E-state index in [-0.39, 0.29) is 35.5 Å². The summed E-state index contributed by atoms with van der Waals surface area (Å²) >= 11 is 0. The van der Waals surface area contributed by atoms with E-state index in [1.165, 1.54) is 0 Å². The molecule has 0 bridgehead atoms. The summed E-state index contributed by atoms with van der Waals surface area (Å²) in [5.41, 5.74) is 0. The van der Waals surface area contributed by atoms with Crippen molar-refractivity contribution in [3.05, 3.63) is 0 Å². The van der Waals surface area contributed by atoms with Gasteiger partial charge in [-0.05, 0) is 25.7 Å². The summed E-state index contributed by atoms with van der Waals surface area (Å²) in [4.78, 5) is 45.3. The normalized spacial score (nSPS) is 25.8. The molecule has 2 N–H and O–H groups in total. The zero-order valence-corrected chi connectivity index (χ0v) is 12.9. The van der Waals surface area contributed by atoms with Crippen molar-refractivity contribution in [1.29, 1.82) is 0 Å². The predicted octanol–water partition coefficient (Wildman–Crippen LogP) is 1.43. The summed E-state index contributed by atoms with van der Waals surface area (Å²) in [6.45, 7) is 0. The predicted molar refractivity (Wildman–Crippen MR) is 79.4 cm³/mol. The van der Waals surface area contributed by atoms with E-state index in [4.69, 9.17) is 0 Å². The lowest BCUT2D eigenvalue weighted by molar-refractivity contribution is -0.138. The molecule has 2 aliphatic heterocycles. The van der Waals surface area contributed by atoms with E-state index in [0.29, 0.717) is 25.7 Å². The van der Waals surface area contributed by atoms with Crippen molar-refractivity contribution in [2.75, 3.05) is 0 Å². The highest BCUT2D eigenvalue weighted by Crippen LogP contribution is 2.22. The van der Waals surface area contributed by atoms with E-state index in [1.807, 2.05) is 0 Å². The van der Waals surface area contributed by atoms with Crippen molar-refractivity contribution in [3.63, 3.8) is 0 Å². The van der Waals surface area contributed by atoms with Crippen molar-refractivity contribution < 1.29 is 19.2 Å². The largest absolute Gasteiger partial charge is 0.296 e. The Bertz CT molecular complexity index is 419. The minimum Gasteiger partial charge on any atom is -0.296 e. The lowest BCUT2D eigenvalue weighted by Crippen LogP contribution is -2.40. The molecule has 2 fully saturated rings. The van der Waals surface area contributed by atoms with Crippen LogP contribution in [0.25, 0.3) is 0 Å². The number of carbonyl (C=O) groups is 4. The Morgan fingerprint density at radius 3 is 1.45 bits per heavy atom. The molecule has 2 aliphatic rings. The van der Waals surface area contributed by atoms with Gasteiger partial charge in [-0.1, -0.05) is 25.7 Å². The molecular formula is C16H24N2O4. The van der Waals surface area contributed by atoms with Gasteiger partial charge in [-0.2, -0.15) is 0 Å². The Balaban J connectivity index is 1.53. The average Bonchev–Trinajstić information content (AvgIpc) is 2.46. The first-order chi connectivity index (χ1) is 10.6. The highest BCUT2D eigenvalue weighted by molar-refractivity contribution is 5.99. The lowest BCUT2D eigenvalue weighted by Gasteiger charge is -2.21. The second-order valence-corrected chi connectivity index (χ2v) is 6.29. The van der Waals surface area contributed by atoms with Crippen molar-refractivity contribution >= 4 is 23.6 Å². The van der Waals surface area contributed by atoms with Crippen molar-refractivity contribution in [1.82, 2.24) is 10.6 Å². The highest BCUT2D eigenvalue weighted by atomic mass is 16.2. The number of carbonyl (C=O) groups excluding carboxylic acids is 4. The van der Waals surface area contributed by atoms with Gasteiger partial charge in [-0.25, -0.2) is 0 Å². The van der Waals surface area contributed by atoms with Gasteiger partial charge in [-0.3, -0.25) is 29.8 Å². The van der Waals surface area contributed by atoms with Gasteiger partial charge >= 0.3 is 0 Å². The maximum atomic E-state index is 11.6. The Hall–Kier alpha value is -1.72. The van der Waals surface area contributed by atoms with Crippen LogP contribution in [0.4, 0.5) is 0 Å². The van der Waals surface area contributed by atoms with Crippen molar-refractivity contribution in [3.8, 4) is 0 Å². The molecule has 6 heteroatoms. The van der Waals surface area contributed by atoms with Crippen molar-refractivity contribution in [2.45, 2.75) is 64.2 Å². The van der Waals surface area contributed by atoms with Crippen LogP contribution >= 0.6 is 0 Å². The van der Waals surface area contributed by atoms with E-state index in [9.17, 15) is 19.2 Å². The molecule has 2 rings (SSSR count). The number of hydrogen-bond acceptors (Lipinski definition) is 4. The molecule has 22 heavy (non-hydrogen) atoms. The molecule has 2 atom stereocenters. The standard InChI is InChI=1S/C16H24N2O4/c19-13-9-7-11(15(21)17-13)5-3-1-2-4-6-12-8-10-14(20)18-16(12)22/h11-12H,1-10H2,(H,17,19,21)(H,18,20,22). The number of rotatable bonds is 7. The van der Waals surface area contributed by atoms with Gasteiger partial charge in [-0.15, -0.1) is 0 Å². The molecule has 4 amide bonds. The van der Waals surface area contributed by atoms with Crippen LogP contribution in [-0.2, 0) is 19.2 Å². The van der Waals surface area contributed by atoms with Crippen LogP contribution in [0.1, 0.15) is 64.2 Å². The van der Waals surface area contributed by atoms with Gasteiger partial charge in [0.25, 0.3) is 0 Å². The summed E-state index contributed by atoms with van der Waals surface area (Å²) in [5.74, 6) is -0.615. The first-order valence-electron chi connectivity index (χ1n) is 8.23. The number of amides is 4. The molecule has 0 aromatic rings. The van der Waals surface area contributed by atoms with Crippen LogP contribution < -0.4 is 10.6 Å². The summed E-state index contributed by atoms with van der Waals surface area (Å²) in [6.07, 6.45) is 7.91. The van der Waals surface area contributed by atoms with E-state index in [2.05, 4.69) is 10.6 Å². The van der Waals surface area contributed by atoms with Crippen LogP contribution in [0.5, 0.6) is 0 Å². The molecule has 6 nitrogen and oxygen atoms in total. The molecule has 0 radical (unpaired) electrons. The SMILES string of the molecule is O=C1CCC(CCCCCCC2CCC(=O)NC2=O)C(=O)N1. The molecule has 0 aromatic heterocycles. The average molecular weight is 308 g/mol. The van der Waals surface area contributed by atoms with Gasteiger partial charge < -0.3 is 0 Å². The first-order valence-corrected chi connectivity index (χ1v) is 8.23. The number of piperidine rings is 2. The van der Waals surface area contributed by atoms with E-state index in [1.54, 1.807) is 0 Å². The zero-order chi connectivity index (χ0) is 15.9. The van der Waals surface area contributed by atoms with Gasteiger partial charge in [0, 0.05) is 24.7 Å². The second kappa shape index (κ2) is 8.06. The molecule has 0 spiro atoms. The minimum atomic E-state index is -0.162. The number of hydrogen-bond donors (Lipinski definition) is 2. The van der Waals surface area contributed by atoms with Crippen LogP contribution in [0.2, 0.25) is 0 Å². The Morgan fingerprint density at radius 2 is 1.09 bits per heavy atom. The molecule has 2 unspecified atom stereocenters. The Morgan fingerprint density at radius 1 is 0.682 bits per heavy atom. The van der Waals surface area contributed by atoms with Crippen LogP contribution in [-0.4, -0.2) is 23.6 Å². The summed E-state index contributed by atoms with van der Waals surface area (Å²) in [7, 11) is 0. The van der Waals surface area contributed by atoms with Gasteiger partial charge in [0.05, 0.1) is 0 Å². The van der Waals surface area contributed by atoms with Crippen LogP contribution in [0.3, 0.4) is 0 Å². The number of nitrogens with one attached hydrogen (secondary N) is 2. The number of unbranched alkanes of at least 4 members (excludes halogenated alkanes) is 3. The molecule has 0 saturated carbocycles. The van der Waals surface area contributed by atoms with Crippen molar-refractivity contribution in [2.24, 2.45) is 11.8 Å². The first kappa shape index (κ1) is 16.6. The summed E-state index contributed by atoms with van der Waals surface area (Å²) in [5, 5.41) is 4.77. The molecular weight excluding hydrogens is 284 g/mol. The fourth-order valence-corrected chi connectivity index (χ4v) is 3.16. The van der Waals surface area contributed by atoms with E-state index in [0.717, 1.165) is 38.5 Å². The Kier molecular flexibility index (Phi) is 6.10. The third-order valence-electron chi connectivity index (χ3n) is 4.56. The maximum absolute atomic E-state index is 11.6. The lowest BCUT2D eigenvalue weighted by atomic mass is 9.90. The third-order valence-corrected chi connectivity index (χ3v) is 4.56. The van der Waals surface area contributed by atoms with Crippen LogP contribution in [0, 0.1) is 11.8 Å². The minimum absolute atomic E-state index is 0.0205. The fourth-order valence-electron chi connectivity index (χ4n) is 3.16. The molecule has 2 heterocycles. The second-order valence-electron chi connectivity index (χ2n) is 6.29. The number of imide groups is 2. The maximum Gasteiger partial charge on any atom is 0.229 e. The van der Waals surface area contributed by atoms with Gasteiger partial charge in [0.15, 0.2) is 0 Å². The highest BCUT2D eigenvalue weighted by Gasteiger charge is 2.26. The summed E-state index contributed by atoms with van der Waals surface area (Å²) < 4.78 is 0. The fraction of sp³-hybridized carbons (Fsp3) is 0.750. The van der Waals surface area contributed by atoms with E-state index < -0.39 is 0 Å². The van der Waals surface area contributed by atoms with E-state index >= 15 is 0 Å². The molecule has 0 aromatic carbocycles. The summed E-state index contributed by atoms with van der Waals surface area (Å²) in [6, 6.07) is 0. The molecule has 122 valence electrons. The topological polar surface area (TPSA) is 92.3 Å². The van der Waals surface area contributed by atoms with Gasteiger partial charge in [0.1, 0.15) is 0 Å². The monoisotopic (exact) mass is 308 g/mol. The third kappa shape index (κ3) is 4.93. The molecule has 2 saturated heterocycles. The molecule has 0 aliphatic carbocycles. The Labute approximate surface area is 130 Å². The zero-order valence-electron chi connectivity index (χ0n) is 12.9. The van der Waals surface area contributed by atoms with Gasteiger partial charge in [0.2, 0.25) is 23.6 Å². The smallest absolute Gasteiger partial charge is 0.229 e. The quantitative estimate of drug-likeness (QED) is 0.550. The van der Waals surface area contributed by atoms with Crippen LogP contribution in [0.15, 0.2) is 0 Å².